The first-order valence-corrected chi connectivity index (χ1v) is 8.59. The number of hydrogen-bond donors (Lipinski definition) is 2. The van der Waals surface area contributed by atoms with Crippen LogP contribution in [-0.2, 0) is 11.4 Å². The van der Waals surface area contributed by atoms with Crippen LogP contribution in [0.5, 0.6) is 5.75 Å². The molecular formula is C20H25N3O3. The molecule has 0 aliphatic heterocycles. The zero-order valence-electron chi connectivity index (χ0n) is 15.4. The summed E-state index contributed by atoms with van der Waals surface area (Å²) < 4.78 is 5.71. The van der Waals surface area contributed by atoms with E-state index in [-0.39, 0.29) is 5.91 Å². The van der Waals surface area contributed by atoms with Crippen molar-refractivity contribution in [3.05, 3.63) is 60.2 Å². The molecule has 0 aliphatic rings. The second-order valence-corrected chi connectivity index (χ2v) is 5.97. The third-order valence-electron chi connectivity index (χ3n) is 3.93. The zero-order chi connectivity index (χ0) is 18.9. The fourth-order valence-corrected chi connectivity index (χ4v) is 2.29. The van der Waals surface area contributed by atoms with Crippen molar-refractivity contribution >= 4 is 17.6 Å². The van der Waals surface area contributed by atoms with E-state index < -0.39 is 12.1 Å². The lowest BCUT2D eigenvalue weighted by atomic mass is 10.2. The molecule has 2 N–H and O–H groups in total. The first-order valence-electron chi connectivity index (χ1n) is 8.59. The average Bonchev–Trinajstić information content (AvgIpc) is 2.66. The van der Waals surface area contributed by atoms with Crippen LogP contribution in [0.15, 0.2) is 54.6 Å². The van der Waals surface area contributed by atoms with E-state index in [1.807, 2.05) is 37.3 Å². The molecule has 0 spiro atoms. The Kier molecular flexibility index (Phi) is 7.02. The van der Waals surface area contributed by atoms with Crippen LogP contribution in [0.4, 0.5) is 10.5 Å². The summed E-state index contributed by atoms with van der Waals surface area (Å²) in [5.41, 5.74) is 1.71. The molecule has 0 radical (unpaired) electrons. The monoisotopic (exact) mass is 355 g/mol. The van der Waals surface area contributed by atoms with Crippen molar-refractivity contribution in [2.75, 3.05) is 18.9 Å². The first-order chi connectivity index (χ1) is 12.5. The van der Waals surface area contributed by atoms with E-state index in [1.165, 1.54) is 0 Å². The van der Waals surface area contributed by atoms with Crippen molar-refractivity contribution in [1.29, 1.82) is 0 Å². The molecule has 0 saturated carbocycles. The molecule has 2 aromatic rings. The predicted molar refractivity (Wildman–Crippen MR) is 102 cm³/mol. The Morgan fingerprint density at radius 3 is 2.35 bits per heavy atom. The zero-order valence-corrected chi connectivity index (χ0v) is 15.4. The minimum atomic E-state index is -0.589. The maximum atomic E-state index is 12.0. The van der Waals surface area contributed by atoms with Gasteiger partial charge in [0.25, 0.3) is 0 Å². The van der Waals surface area contributed by atoms with E-state index in [2.05, 4.69) is 10.6 Å². The molecule has 6 heteroatoms. The topological polar surface area (TPSA) is 70.7 Å². The highest BCUT2D eigenvalue weighted by molar-refractivity contribution is 5.93. The number of hydrogen-bond acceptors (Lipinski definition) is 3. The average molecular weight is 355 g/mol. The van der Waals surface area contributed by atoms with Crippen LogP contribution in [0.3, 0.4) is 0 Å². The first kappa shape index (κ1) is 19.3. The van der Waals surface area contributed by atoms with Crippen molar-refractivity contribution in [3.8, 4) is 5.75 Å². The van der Waals surface area contributed by atoms with Gasteiger partial charge in [-0.15, -0.1) is 0 Å². The molecule has 0 aromatic heterocycles. The molecule has 2 aromatic carbocycles. The van der Waals surface area contributed by atoms with Crippen LogP contribution in [0, 0.1) is 0 Å². The van der Waals surface area contributed by atoms with Crippen molar-refractivity contribution in [2.24, 2.45) is 0 Å². The summed E-state index contributed by atoms with van der Waals surface area (Å²) in [5, 5.41) is 5.34. The summed E-state index contributed by atoms with van der Waals surface area (Å²) in [6.07, 6.45) is 0. The number of rotatable bonds is 7. The summed E-state index contributed by atoms with van der Waals surface area (Å²) in [5.74, 6) is 0.584. The summed E-state index contributed by atoms with van der Waals surface area (Å²) in [4.78, 5) is 25.5. The smallest absolute Gasteiger partial charge is 0.319 e. The lowest BCUT2D eigenvalue weighted by molar-refractivity contribution is -0.131. The van der Waals surface area contributed by atoms with Gasteiger partial charge in [-0.3, -0.25) is 4.79 Å². The molecule has 26 heavy (non-hydrogen) atoms. The third-order valence-corrected chi connectivity index (χ3v) is 3.93. The van der Waals surface area contributed by atoms with Gasteiger partial charge in [-0.1, -0.05) is 30.3 Å². The van der Waals surface area contributed by atoms with E-state index in [4.69, 9.17) is 4.74 Å². The number of nitrogens with one attached hydrogen (secondary N) is 2. The van der Waals surface area contributed by atoms with Gasteiger partial charge in [0.1, 0.15) is 18.4 Å². The number of anilines is 1. The van der Waals surface area contributed by atoms with Gasteiger partial charge in [-0.2, -0.15) is 0 Å². The van der Waals surface area contributed by atoms with Gasteiger partial charge in [-0.05, 0) is 43.7 Å². The van der Waals surface area contributed by atoms with E-state index in [0.29, 0.717) is 24.6 Å². The second-order valence-electron chi connectivity index (χ2n) is 5.97. The maximum absolute atomic E-state index is 12.0. The molecule has 6 nitrogen and oxygen atoms in total. The molecule has 0 heterocycles. The summed E-state index contributed by atoms with van der Waals surface area (Å²) in [7, 11) is 1.70. The Morgan fingerprint density at radius 2 is 1.73 bits per heavy atom. The van der Waals surface area contributed by atoms with Crippen LogP contribution >= 0.6 is 0 Å². The van der Waals surface area contributed by atoms with E-state index in [0.717, 1.165) is 5.56 Å². The Morgan fingerprint density at radius 1 is 1.08 bits per heavy atom. The molecular weight excluding hydrogens is 330 g/mol. The minimum Gasteiger partial charge on any atom is -0.489 e. The lowest BCUT2D eigenvalue weighted by Crippen LogP contribution is -2.46. The quantitative estimate of drug-likeness (QED) is 0.801. The number of likely N-dealkylation sites (N-methyl/N-ethyl adjacent to an activating group) is 1. The number of carbonyl (C=O) groups is 2. The van der Waals surface area contributed by atoms with Gasteiger partial charge in [0, 0.05) is 19.3 Å². The van der Waals surface area contributed by atoms with E-state index >= 15 is 0 Å². The van der Waals surface area contributed by atoms with Gasteiger partial charge in [-0.25, -0.2) is 4.79 Å². The number of amides is 3. The fourth-order valence-electron chi connectivity index (χ4n) is 2.29. The predicted octanol–water partition coefficient (Wildman–Crippen LogP) is 3.25. The summed E-state index contributed by atoms with van der Waals surface area (Å²) >= 11 is 0. The van der Waals surface area contributed by atoms with E-state index in [9.17, 15) is 9.59 Å². The van der Waals surface area contributed by atoms with Crippen LogP contribution in [0.1, 0.15) is 19.4 Å². The van der Waals surface area contributed by atoms with Crippen molar-refractivity contribution in [1.82, 2.24) is 10.2 Å². The number of benzene rings is 2. The van der Waals surface area contributed by atoms with Gasteiger partial charge in [0.2, 0.25) is 5.91 Å². The van der Waals surface area contributed by atoms with Gasteiger partial charge < -0.3 is 20.3 Å². The van der Waals surface area contributed by atoms with Crippen molar-refractivity contribution < 1.29 is 14.3 Å². The van der Waals surface area contributed by atoms with Crippen LogP contribution in [-0.4, -0.2) is 36.5 Å². The van der Waals surface area contributed by atoms with Gasteiger partial charge >= 0.3 is 6.03 Å². The molecule has 2 rings (SSSR count). The fraction of sp³-hybridized carbons (Fsp3) is 0.300. The number of carbonyl (C=O) groups excluding carboxylic acids is 2. The molecule has 0 aliphatic carbocycles. The van der Waals surface area contributed by atoms with Gasteiger partial charge in [0.15, 0.2) is 0 Å². The van der Waals surface area contributed by atoms with Crippen LogP contribution in [0.25, 0.3) is 0 Å². The second kappa shape index (κ2) is 9.46. The Labute approximate surface area is 154 Å². The number of ether oxygens (including phenoxy) is 1. The Bertz CT molecular complexity index is 717. The lowest BCUT2D eigenvalue weighted by Gasteiger charge is -2.20. The SMILES string of the molecule is CCN(C)C(=O)[C@H](C)NC(=O)Nc1ccc(OCc2ccccc2)cc1. The Balaban J connectivity index is 1.82. The van der Waals surface area contributed by atoms with Gasteiger partial charge in [0.05, 0.1) is 0 Å². The maximum Gasteiger partial charge on any atom is 0.319 e. The standard InChI is InChI=1S/C20H25N3O3/c1-4-23(3)19(24)15(2)21-20(25)22-17-10-12-18(13-11-17)26-14-16-8-6-5-7-9-16/h5-13,15H,4,14H2,1-3H3,(H2,21,22,25)/t15-/m0/s1. The number of nitrogens with zero attached hydrogens (tertiary/aromatic N) is 1. The molecule has 3 amide bonds. The third kappa shape index (κ3) is 5.81. The summed E-state index contributed by atoms with van der Waals surface area (Å²) in [6, 6.07) is 16.0. The Hall–Kier alpha value is -3.02. The molecule has 0 saturated heterocycles. The molecule has 0 bridgehead atoms. The highest BCUT2D eigenvalue weighted by Gasteiger charge is 2.18. The molecule has 138 valence electrons. The molecule has 0 fully saturated rings. The van der Waals surface area contributed by atoms with Crippen LogP contribution in [0.2, 0.25) is 0 Å². The highest BCUT2D eigenvalue weighted by atomic mass is 16.5. The molecule has 0 unspecified atom stereocenters. The van der Waals surface area contributed by atoms with Crippen molar-refractivity contribution in [2.45, 2.75) is 26.5 Å². The van der Waals surface area contributed by atoms with E-state index in [1.54, 1.807) is 43.1 Å². The minimum absolute atomic E-state index is 0.132. The van der Waals surface area contributed by atoms with Crippen LogP contribution < -0.4 is 15.4 Å². The summed E-state index contributed by atoms with van der Waals surface area (Å²) in [6.45, 7) is 4.62. The normalized spacial score (nSPS) is 11.3. The molecule has 1 atom stereocenters. The van der Waals surface area contributed by atoms with Crippen molar-refractivity contribution in [3.63, 3.8) is 0 Å². The highest BCUT2D eigenvalue weighted by Crippen LogP contribution is 2.17. The number of urea groups is 1. The largest absolute Gasteiger partial charge is 0.489 e.